The first-order chi connectivity index (χ1) is 11.6. The van der Waals surface area contributed by atoms with E-state index in [1.54, 1.807) is 23.9 Å². The molecule has 1 aliphatic carbocycles. The summed E-state index contributed by atoms with van der Waals surface area (Å²) in [5.41, 5.74) is 1.53. The molecule has 1 atom stereocenters. The van der Waals surface area contributed by atoms with Gasteiger partial charge in [-0.15, -0.1) is 11.8 Å². The van der Waals surface area contributed by atoms with Crippen LogP contribution in [0.25, 0.3) is 0 Å². The lowest BCUT2D eigenvalue weighted by Crippen LogP contribution is -2.38. The van der Waals surface area contributed by atoms with Crippen LogP contribution in [0.15, 0.2) is 48.5 Å². The first kappa shape index (κ1) is 16.0. The van der Waals surface area contributed by atoms with Gasteiger partial charge in [0.25, 0.3) is 0 Å². The molecule has 2 aromatic carbocycles. The minimum atomic E-state index is -0.463. The fourth-order valence-electron chi connectivity index (χ4n) is 3.41. The zero-order valence-electron chi connectivity index (χ0n) is 13.0. The Morgan fingerprint density at radius 3 is 2.62 bits per heavy atom. The summed E-state index contributed by atoms with van der Waals surface area (Å²) in [6, 6.07) is 14.1. The monoisotopic (exact) mass is 361 g/mol. The molecule has 1 heterocycles. The van der Waals surface area contributed by atoms with E-state index in [-0.39, 0.29) is 17.1 Å². The van der Waals surface area contributed by atoms with Gasteiger partial charge >= 0.3 is 0 Å². The Hall–Kier alpha value is -1.52. The maximum atomic E-state index is 13.3. The summed E-state index contributed by atoms with van der Waals surface area (Å²) in [7, 11) is 0. The van der Waals surface area contributed by atoms with Crippen molar-refractivity contribution in [3.8, 4) is 0 Å². The molecular weight excluding hydrogens is 345 g/mol. The Kier molecular flexibility index (Phi) is 4.05. The SMILES string of the molecule is O=C(N1CCSC1c1cccc(Cl)c1)C1(c2ccc(F)cc2)CC1. The van der Waals surface area contributed by atoms with Crippen molar-refractivity contribution < 1.29 is 9.18 Å². The molecule has 124 valence electrons. The Bertz CT molecular complexity index is 775. The van der Waals surface area contributed by atoms with Crippen molar-refractivity contribution in [1.29, 1.82) is 0 Å². The summed E-state index contributed by atoms with van der Waals surface area (Å²) >= 11 is 7.88. The minimum Gasteiger partial charge on any atom is -0.325 e. The third kappa shape index (κ3) is 2.72. The largest absolute Gasteiger partial charge is 0.325 e. The van der Waals surface area contributed by atoms with E-state index in [0.717, 1.165) is 36.3 Å². The second-order valence-corrected chi connectivity index (χ2v) is 7.99. The number of halogens is 2. The lowest BCUT2D eigenvalue weighted by molar-refractivity contribution is -0.134. The minimum absolute atomic E-state index is 0.00845. The van der Waals surface area contributed by atoms with Crippen molar-refractivity contribution >= 4 is 29.3 Å². The highest BCUT2D eigenvalue weighted by Crippen LogP contribution is 2.52. The molecular formula is C19H17ClFNOS. The Labute approximate surface area is 150 Å². The molecule has 1 unspecified atom stereocenters. The zero-order valence-corrected chi connectivity index (χ0v) is 14.6. The van der Waals surface area contributed by atoms with Crippen LogP contribution in [0.2, 0.25) is 5.02 Å². The lowest BCUT2D eigenvalue weighted by atomic mass is 9.94. The zero-order chi connectivity index (χ0) is 16.7. The summed E-state index contributed by atoms with van der Waals surface area (Å²) in [5, 5.41) is 0.696. The van der Waals surface area contributed by atoms with Gasteiger partial charge in [-0.05, 0) is 48.2 Å². The van der Waals surface area contributed by atoms with Crippen LogP contribution in [-0.2, 0) is 10.2 Å². The van der Waals surface area contributed by atoms with Crippen molar-refractivity contribution in [1.82, 2.24) is 4.90 Å². The van der Waals surface area contributed by atoms with Crippen LogP contribution >= 0.6 is 23.4 Å². The van der Waals surface area contributed by atoms with E-state index < -0.39 is 5.41 Å². The standard InChI is InChI=1S/C19H17ClFNOS/c20-15-3-1-2-13(12-15)17-22(10-11-24-17)18(23)19(8-9-19)14-4-6-16(21)7-5-14/h1-7,12,17H,8-11H2. The van der Waals surface area contributed by atoms with Crippen molar-refractivity contribution in [3.63, 3.8) is 0 Å². The van der Waals surface area contributed by atoms with Crippen LogP contribution in [0.1, 0.15) is 29.3 Å². The molecule has 2 aromatic rings. The van der Waals surface area contributed by atoms with Gasteiger partial charge in [0.05, 0.1) is 5.41 Å². The summed E-state index contributed by atoms with van der Waals surface area (Å²) < 4.78 is 13.2. The Morgan fingerprint density at radius 2 is 1.96 bits per heavy atom. The molecule has 1 saturated carbocycles. The second kappa shape index (κ2) is 6.08. The average molecular weight is 362 g/mol. The van der Waals surface area contributed by atoms with E-state index in [1.165, 1.54) is 12.1 Å². The molecule has 0 aromatic heterocycles. The molecule has 2 fully saturated rings. The number of carbonyl (C=O) groups is 1. The fraction of sp³-hybridized carbons (Fsp3) is 0.316. The number of rotatable bonds is 3. The summed E-state index contributed by atoms with van der Waals surface area (Å²) in [6.07, 6.45) is 1.67. The Balaban J connectivity index is 1.62. The second-order valence-electron chi connectivity index (χ2n) is 6.37. The van der Waals surface area contributed by atoms with E-state index in [1.807, 2.05) is 29.2 Å². The van der Waals surface area contributed by atoms with Crippen LogP contribution in [-0.4, -0.2) is 23.1 Å². The molecule has 2 aliphatic rings. The third-order valence-corrected chi connectivity index (χ3v) is 6.34. The topological polar surface area (TPSA) is 20.3 Å². The lowest BCUT2D eigenvalue weighted by Gasteiger charge is -2.29. The first-order valence-electron chi connectivity index (χ1n) is 8.04. The first-order valence-corrected chi connectivity index (χ1v) is 9.47. The van der Waals surface area contributed by atoms with Crippen molar-refractivity contribution in [3.05, 3.63) is 70.5 Å². The van der Waals surface area contributed by atoms with Gasteiger partial charge in [-0.25, -0.2) is 4.39 Å². The van der Waals surface area contributed by atoms with Crippen LogP contribution in [0.3, 0.4) is 0 Å². The molecule has 1 saturated heterocycles. The van der Waals surface area contributed by atoms with E-state index >= 15 is 0 Å². The van der Waals surface area contributed by atoms with Gasteiger partial charge in [0, 0.05) is 17.3 Å². The van der Waals surface area contributed by atoms with Gasteiger partial charge < -0.3 is 4.90 Å². The van der Waals surface area contributed by atoms with Crippen molar-refractivity contribution in [2.24, 2.45) is 0 Å². The summed E-state index contributed by atoms with van der Waals surface area (Å²) in [4.78, 5) is 15.2. The van der Waals surface area contributed by atoms with Gasteiger partial charge in [0.2, 0.25) is 5.91 Å². The molecule has 0 radical (unpaired) electrons. The highest BCUT2D eigenvalue weighted by atomic mass is 35.5. The van der Waals surface area contributed by atoms with Crippen molar-refractivity contribution in [2.75, 3.05) is 12.3 Å². The summed E-state index contributed by atoms with van der Waals surface area (Å²) in [6.45, 7) is 0.740. The van der Waals surface area contributed by atoms with Gasteiger partial charge in [-0.3, -0.25) is 4.79 Å². The number of hydrogen-bond donors (Lipinski definition) is 0. The number of thioether (sulfide) groups is 1. The molecule has 0 bridgehead atoms. The highest BCUT2D eigenvalue weighted by Gasteiger charge is 2.54. The molecule has 2 nitrogen and oxygen atoms in total. The van der Waals surface area contributed by atoms with E-state index in [9.17, 15) is 9.18 Å². The molecule has 0 N–H and O–H groups in total. The average Bonchev–Trinajstić information content (AvgIpc) is 3.24. The number of benzene rings is 2. The van der Waals surface area contributed by atoms with E-state index in [0.29, 0.717) is 5.02 Å². The number of amides is 1. The number of nitrogens with zero attached hydrogens (tertiary/aromatic N) is 1. The normalized spacial score (nSPS) is 21.8. The van der Waals surface area contributed by atoms with Gasteiger partial charge in [-0.2, -0.15) is 0 Å². The van der Waals surface area contributed by atoms with Crippen LogP contribution in [0.4, 0.5) is 4.39 Å². The molecule has 0 spiro atoms. The predicted molar refractivity (Wildman–Crippen MR) is 95.7 cm³/mol. The molecule has 4 rings (SSSR count). The maximum absolute atomic E-state index is 13.3. The smallest absolute Gasteiger partial charge is 0.234 e. The van der Waals surface area contributed by atoms with E-state index in [4.69, 9.17) is 11.6 Å². The fourth-order valence-corrected chi connectivity index (χ4v) is 4.85. The maximum Gasteiger partial charge on any atom is 0.234 e. The molecule has 24 heavy (non-hydrogen) atoms. The number of carbonyl (C=O) groups excluding carboxylic acids is 1. The van der Waals surface area contributed by atoms with Gasteiger partial charge in [0.1, 0.15) is 11.2 Å². The highest BCUT2D eigenvalue weighted by molar-refractivity contribution is 7.99. The van der Waals surface area contributed by atoms with Crippen LogP contribution < -0.4 is 0 Å². The Morgan fingerprint density at radius 1 is 1.21 bits per heavy atom. The quantitative estimate of drug-likeness (QED) is 0.783. The molecule has 1 aliphatic heterocycles. The summed E-state index contributed by atoms with van der Waals surface area (Å²) in [5.74, 6) is 0.808. The third-order valence-electron chi connectivity index (χ3n) is 4.84. The molecule has 5 heteroatoms. The van der Waals surface area contributed by atoms with Crippen molar-refractivity contribution in [2.45, 2.75) is 23.6 Å². The van der Waals surface area contributed by atoms with Gasteiger partial charge in [-0.1, -0.05) is 35.9 Å². The molecule has 1 amide bonds. The predicted octanol–water partition coefficient (Wildman–Crippen LogP) is 4.78. The van der Waals surface area contributed by atoms with Crippen LogP contribution in [0, 0.1) is 5.82 Å². The van der Waals surface area contributed by atoms with E-state index in [2.05, 4.69) is 0 Å². The number of hydrogen-bond acceptors (Lipinski definition) is 2. The van der Waals surface area contributed by atoms with Crippen LogP contribution in [0.5, 0.6) is 0 Å². The van der Waals surface area contributed by atoms with Gasteiger partial charge in [0.15, 0.2) is 0 Å².